The summed E-state index contributed by atoms with van der Waals surface area (Å²) in [6.07, 6.45) is 0. The monoisotopic (exact) mass is 675 g/mol. The number of furan rings is 1. The Hall–Kier alpha value is -7.17. The summed E-state index contributed by atoms with van der Waals surface area (Å²) >= 11 is 0. The first kappa shape index (κ1) is 29.5. The van der Waals surface area contributed by atoms with Crippen molar-refractivity contribution >= 4 is 32.7 Å². The van der Waals surface area contributed by atoms with Crippen LogP contribution in [0, 0.1) is 0 Å². The van der Waals surface area contributed by atoms with Gasteiger partial charge in [0.25, 0.3) is 0 Å². The summed E-state index contributed by atoms with van der Waals surface area (Å²) in [7, 11) is 0. The van der Waals surface area contributed by atoms with E-state index < -0.39 is 0 Å². The molecule has 0 radical (unpaired) electrons. The van der Waals surface area contributed by atoms with Crippen molar-refractivity contribution in [2.75, 3.05) is 0 Å². The van der Waals surface area contributed by atoms with Crippen LogP contribution < -0.4 is 0 Å². The lowest BCUT2D eigenvalue weighted by molar-refractivity contribution is 0.669. The lowest BCUT2D eigenvalue weighted by Crippen LogP contribution is -2.02. The van der Waals surface area contributed by atoms with Crippen molar-refractivity contribution in [3.63, 3.8) is 0 Å². The molecule has 0 atom stereocenters. The second kappa shape index (κ2) is 11.7. The van der Waals surface area contributed by atoms with Gasteiger partial charge in [-0.2, -0.15) is 0 Å². The number of fused-ring (bicyclic) bond motifs is 6. The first-order valence-electron chi connectivity index (χ1n) is 17.9. The van der Waals surface area contributed by atoms with Crippen molar-refractivity contribution in [2.24, 2.45) is 0 Å². The Bertz CT molecular complexity index is 2950. The van der Waals surface area contributed by atoms with E-state index in [9.17, 15) is 0 Å². The minimum atomic E-state index is 0.610. The summed E-state index contributed by atoms with van der Waals surface area (Å²) in [4.78, 5) is 16.0. The number of hydrogen-bond acceptors (Lipinski definition) is 4. The fraction of sp³-hybridized carbons (Fsp3) is 0. The SMILES string of the molecule is c1ccc(-c2cccc(-c3nc(-c4cccc(-c5ccccc5)c4)nc(-c4c5c(cc6oc7ccccc7c46)-c4cccc6cccc-5c46)n3)c2)cc1. The number of rotatable bonds is 5. The van der Waals surface area contributed by atoms with Crippen molar-refractivity contribution in [1.29, 1.82) is 0 Å². The van der Waals surface area contributed by atoms with Gasteiger partial charge in [0.1, 0.15) is 11.2 Å². The molecule has 0 N–H and O–H groups in total. The van der Waals surface area contributed by atoms with Crippen LogP contribution in [-0.4, -0.2) is 15.0 Å². The summed E-state index contributed by atoms with van der Waals surface area (Å²) in [5.41, 5.74) is 13.5. The first-order chi connectivity index (χ1) is 26.3. The van der Waals surface area contributed by atoms with Crippen molar-refractivity contribution < 1.29 is 4.42 Å². The minimum Gasteiger partial charge on any atom is -0.456 e. The molecular weight excluding hydrogens is 647 g/mol. The van der Waals surface area contributed by atoms with Crippen LogP contribution in [-0.2, 0) is 0 Å². The molecule has 2 heterocycles. The fourth-order valence-electron chi connectivity index (χ4n) is 8.06. The molecular formula is C49H29N3O. The minimum absolute atomic E-state index is 0.610. The largest absolute Gasteiger partial charge is 0.456 e. The lowest BCUT2D eigenvalue weighted by Gasteiger charge is -2.14. The van der Waals surface area contributed by atoms with Crippen molar-refractivity contribution in [1.82, 2.24) is 15.0 Å². The highest BCUT2D eigenvalue weighted by Gasteiger charge is 2.30. The maximum absolute atomic E-state index is 6.62. The van der Waals surface area contributed by atoms with Crippen LogP contribution in [0.3, 0.4) is 0 Å². The van der Waals surface area contributed by atoms with Crippen LogP contribution >= 0.6 is 0 Å². The highest BCUT2D eigenvalue weighted by Crippen LogP contribution is 2.54. The highest BCUT2D eigenvalue weighted by atomic mass is 16.3. The number of nitrogens with zero attached hydrogens (tertiary/aromatic N) is 3. The zero-order valence-corrected chi connectivity index (χ0v) is 28.5. The normalized spacial score (nSPS) is 11.8. The molecule has 53 heavy (non-hydrogen) atoms. The average molecular weight is 676 g/mol. The predicted molar refractivity (Wildman–Crippen MR) is 216 cm³/mol. The quantitative estimate of drug-likeness (QED) is 0.182. The van der Waals surface area contributed by atoms with Gasteiger partial charge in [-0.3, -0.25) is 0 Å². The Labute approximate surface area is 305 Å². The summed E-state index contributed by atoms with van der Waals surface area (Å²) in [5, 5.41) is 4.48. The van der Waals surface area contributed by atoms with E-state index in [4.69, 9.17) is 19.4 Å². The number of benzene rings is 8. The summed E-state index contributed by atoms with van der Waals surface area (Å²) in [6, 6.07) is 61.4. The molecule has 8 aromatic carbocycles. The van der Waals surface area contributed by atoms with Gasteiger partial charge in [-0.25, -0.2) is 15.0 Å². The molecule has 2 aromatic heterocycles. The van der Waals surface area contributed by atoms with Crippen LogP contribution in [0.5, 0.6) is 0 Å². The van der Waals surface area contributed by atoms with Crippen molar-refractivity contribution in [2.45, 2.75) is 0 Å². The molecule has 0 aliphatic heterocycles. The van der Waals surface area contributed by atoms with Crippen LogP contribution in [0.2, 0.25) is 0 Å². The molecule has 0 fully saturated rings. The molecule has 1 aliphatic rings. The van der Waals surface area contributed by atoms with Crippen molar-refractivity contribution in [3.05, 3.63) is 176 Å². The topological polar surface area (TPSA) is 51.8 Å². The summed E-state index contributed by atoms with van der Waals surface area (Å²) in [6.45, 7) is 0. The van der Waals surface area contributed by atoms with Gasteiger partial charge >= 0.3 is 0 Å². The molecule has 10 aromatic rings. The third kappa shape index (κ3) is 4.73. The number of hydrogen-bond donors (Lipinski definition) is 0. The van der Waals surface area contributed by atoms with E-state index in [1.807, 2.05) is 24.3 Å². The Kier molecular flexibility index (Phi) is 6.52. The molecule has 0 bridgehead atoms. The highest BCUT2D eigenvalue weighted by molar-refractivity contribution is 6.25. The second-order valence-corrected chi connectivity index (χ2v) is 13.6. The van der Waals surface area contributed by atoms with Gasteiger partial charge in [0.15, 0.2) is 17.5 Å². The number of aromatic nitrogens is 3. The van der Waals surface area contributed by atoms with E-state index in [2.05, 4.69) is 152 Å². The molecule has 0 unspecified atom stereocenters. The molecule has 0 saturated heterocycles. The van der Waals surface area contributed by atoms with Crippen LogP contribution in [0.1, 0.15) is 0 Å². The van der Waals surface area contributed by atoms with Gasteiger partial charge in [0.2, 0.25) is 0 Å². The molecule has 1 aliphatic carbocycles. The Morgan fingerprint density at radius 1 is 0.321 bits per heavy atom. The Morgan fingerprint density at radius 3 is 1.51 bits per heavy atom. The van der Waals surface area contributed by atoms with E-state index >= 15 is 0 Å². The summed E-state index contributed by atoms with van der Waals surface area (Å²) < 4.78 is 6.62. The number of para-hydroxylation sites is 1. The van der Waals surface area contributed by atoms with Gasteiger partial charge in [-0.15, -0.1) is 0 Å². The zero-order chi connectivity index (χ0) is 34.9. The summed E-state index contributed by atoms with van der Waals surface area (Å²) in [5.74, 6) is 1.83. The van der Waals surface area contributed by atoms with Gasteiger partial charge < -0.3 is 4.42 Å². The molecule has 4 nitrogen and oxygen atoms in total. The van der Waals surface area contributed by atoms with E-state index in [0.29, 0.717) is 17.5 Å². The third-order valence-corrected chi connectivity index (χ3v) is 10.4. The average Bonchev–Trinajstić information content (AvgIpc) is 3.77. The molecule has 11 rings (SSSR count). The lowest BCUT2D eigenvalue weighted by atomic mass is 9.93. The standard InChI is InChI=1S/C49H29N3O/c1-3-13-30(14-4-1)33-19-9-21-35(27-33)47-50-48(36-22-10-20-34(28-36)31-15-5-2-6-16-31)52-49(51-47)46-44-39-25-12-18-32-17-11-24-37(43(32)39)40(44)29-42-45(46)38-23-7-8-26-41(38)53-42/h1-29H. The molecule has 4 heteroatoms. The van der Waals surface area contributed by atoms with E-state index in [-0.39, 0.29) is 0 Å². The van der Waals surface area contributed by atoms with Crippen LogP contribution in [0.25, 0.3) is 111 Å². The fourth-order valence-corrected chi connectivity index (χ4v) is 8.06. The van der Waals surface area contributed by atoms with Crippen molar-refractivity contribution in [3.8, 4) is 78.7 Å². The zero-order valence-electron chi connectivity index (χ0n) is 28.5. The Morgan fingerprint density at radius 2 is 0.849 bits per heavy atom. The maximum Gasteiger partial charge on any atom is 0.165 e. The predicted octanol–water partition coefficient (Wildman–Crippen LogP) is 12.9. The maximum atomic E-state index is 6.62. The Balaban J connectivity index is 1.23. The van der Waals surface area contributed by atoms with Gasteiger partial charge in [-0.05, 0) is 74.0 Å². The van der Waals surface area contributed by atoms with Gasteiger partial charge in [0.05, 0.1) is 0 Å². The van der Waals surface area contributed by atoms with Crippen LogP contribution in [0.15, 0.2) is 180 Å². The molecule has 246 valence electrons. The van der Waals surface area contributed by atoms with E-state index in [0.717, 1.165) is 72.0 Å². The van der Waals surface area contributed by atoms with Gasteiger partial charge in [-0.1, -0.05) is 152 Å². The van der Waals surface area contributed by atoms with E-state index in [1.54, 1.807) is 0 Å². The van der Waals surface area contributed by atoms with E-state index in [1.165, 1.54) is 21.9 Å². The first-order valence-corrected chi connectivity index (χ1v) is 17.9. The molecule has 0 saturated carbocycles. The second-order valence-electron chi connectivity index (χ2n) is 13.6. The van der Waals surface area contributed by atoms with Gasteiger partial charge in [0, 0.05) is 33.0 Å². The third-order valence-electron chi connectivity index (χ3n) is 10.4. The smallest absolute Gasteiger partial charge is 0.165 e. The van der Waals surface area contributed by atoms with Crippen LogP contribution in [0.4, 0.5) is 0 Å². The molecule has 0 amide bonds. The molecule has 0 spiro atoms.